The highest BCUT2D eigenvalue weighted by Gasteiger charge is 2.37. The average molecular weight is 593 g/mol. The van der Waals surface area contributed by atoms with E-state index in [0.29, 0.717) is 42.2 Å². The third kappa shape index (κ3) is 8.20. The number of ether oxygens (including phenoxy) is 1. The number of carbonyl (C=O) groups is 3. The van der Waals surface area contributed by atoms with Gasteiger partial charge < -0.3 is 14.7 Å². The number of nitrogens with zero attached hydrogens (tertiary/aromatic N) is 3. The van der Waals surface area contributed by atoms with E-state index in [2.05, 4.69) is 35.3 Å². The molecular formula is C32H40N4O5S. The molecule has 2 amide bonds. The van der Waals surface area contributed by atoms with E-state index in [0.717, 1.165) is 24.2 Å². The zero-order chi connectivity index (χ0) is 30.4. The number of amides is 2. The van der Waals surface area contributed by atoms with Crippen molar-refractivity contribution in [1.82, 2.24) is 15.4 Å². The highest BCUT2D eigenvalue weighted by atomic mass is 32.1. The van der Waals surface area contributed by atoms with Gasteiger partial charge in [-0.3, -0.25) is 4.79 Å². The van der Waals surface area contributed by atoms with Crippen molar-refractivity contribution >= 4 is 35.0 Å². The molecule has 0 radical (unpaired) electrons. The van der Waals surface area contributed by atoms with E-state index < -0.39 is 12.1 Å². The van der Waals surface area contributed by atoms with Gasteiger partial charge in [0.1, 0.15) is 4.88 Å². The van der Waals surface area contributed by atoms with Gasteiger partial charge in [-0.15, -0.1) is 11.3 Å². The number of thiophene rings is 1. The first-order valence-corrected chi connectivity index (χ1v) is 15.3. The van der Waals surface area contributed by atoms with Crippen LogP contribution in [0.1, 0.15) is 80.8 Å². The molecular weight excluding hydrogens is 552 g/mol. The molecule has 2 aromatic rings. The van der Waals surface area contributed by atoms with Crippen LogP contribution >= 0.6 is 11.3 Å². The van der Waals surface area contributed by atoms with E-state index in [-0.39, 0.29) is 40.1 Å². The molecule has 0 saturated heterocycles. The molecule has 0 aliphatic heterocycles. The van der Waals surface area contributed by atoms with Crippen LogP contribution in [0, 0.1) is 29.1 Å². The normalized spacial score (nSPS) is 22.0. The number of allylic oxidation sites excluding steroid dienone is 1. The lowest BCUT2D eigenvalue weighted by Gasteiger charge is -2.39. The third-order valence-corrected chi connectivity index (χ3v) is 8.46. The standard InChI is InChI=1S/C32H40N4O5S/c1-21-9-11-22(12-10-21)29(37)36(26-20-25(17-18-32(2,3)4)42-28(26)30(38)39)24-15-13-23(14-16-24)34-35(5)31(40)41-27-8-6-7-19-33-27/h6-9,11,19-24,34H,10,12-16H2,1-5H3,(H,38,39)/t21?,22?,23-,24-. The number of aromatic carboxylic acids is 1. The second kappa shape index (κ2) is 13.5. The van der Waals surface area contributed by atoms with Gasteiger partial charge in [-0.05, 0) is 77.3 Å². The first-order valence-electron chi connectivity index (χ1n) is 14.5. The molecule has 2 aliphatic carbocycles. The summed E-state index contributed by atoms with van der Waals surface area (Å²) in [5.74, 6) is 5.52. The van der Waals surface area contributed by atoms with Crippen LogP contribution in [0.5, 0.6) is 5.88 Å². The molecule has 224 valence electrons. The Morgan fingerprint density at radius 1 is 1.10 bits per heavy atom. The molecule has 2 unspecified atom stereocenters. The SMILES string of the molecule is CC1C=CC(C(=O)N(c2cc(C#CC(C)(C)C)sc2C(=O)O)[C@H]2CC[C@H](NN(C)C(=O)Oc3ccccn3)CC2)CC1. The molecule has 0 bridgehead atoms. The first kappa shape index (κ1) is 31.3. The number of hydrogen-bond acceptors (Lipinski definition) is 7. The Balaban J connectivity index is 1.53. The van der Waals surface area contributed by atoms with Gasteiger partial charge in [0, 0.05) is 36.8 Å². The maximum Gasteiger partial charge on any atom is 0.430 e. The minimum Gasteiger partial charge on any atom is -0.477 e. The van der Waals surface area contributed by atoms with E-state index in [1.54, 1.807) is 42.4 Å². The Labute approximate surface area is 251 Å². The molecule has 10 heteroatoms. The molecule has 0 aromatic carbocycles. The molecule has 1 saturated carbocycles. The molecule has 4 rings (SSSR count). The van der Waals surface area contributed by atoms with Crippen molar-refractivity contribution in [3.63, 3.8) is 0 Å². The molecule has 2 N–H and O–H groups in total. The summed E-state index contributed by atoms with van der Waals surface area (Å²) in [6.45, 7) is 8.14. The van der Waals surface area contributed by atoms with Gasteiger partial charge in [0.2, 0.25) is 11.8 Å². The van der Waals surface area contributed by atoms with Gasteiger partial charge in [0.05, 0.1) is 16.5 Å². The fourth-order valence-electron chi connectivity index (χ4n) is 5.22. The lowest BCUT2D eigenvalue weighted by atomic mass is 9.86. The maximum absolute atomic E-state index is 14.1. The van der Waals surface area contributed by atoms with Crippen LogP contribution in [0.3, 0.4) is 0 Å². The maximum atomic E-state index is 14.1. The second-order valence-electron chi connectivity index (χ2n) is 12.1. The molecule has 1 fully saturated rings. The summed E-state index contributed by atoms with van der Waals surface area (Å²) in [4.78, 5) is 45.5. The van der Waals surface area contributed by atoms with Gasteiger partial charge in [-0.2, -0.15) is 0 Å². The number of pyridine rings is 1. The number of aromatic nitrogens is 1. The highest BCUT2D eigenvalue weighted by Crippen LogP contribution is 2.37. The topological polar surface area (TPSA) is 112 Å². The molecule has 2 atom stereocenters. The molecule has 42 heavy (non-hydrogen) atoms. The van der Waals surface area contributed by atoms with Gasteiger partial charge in [0.25, 0.3) is 0 Å². The minimum absolute atomic E-state index is 0.00968. The van der Waals surface area contributed by atoms with Crippen LogP contribution in [0.2, 0.25) is 0 Å². The fraction of sp³-hybridized carbons (Fsp3) is 0.500. The largest absolute Gasteiger partial charge is 0.477 e. The molecule has 2 heterocycles. The number of carboxylic acid groups (broad SMARTS) is 1. The van der Waals surface area contributed by atoms with E-state index >= 15 is 0 Å². The Morgan fingerprint density at radius 2 is 1.83 bits per heavy atom. The number of anilines is 1. The summed E-state index contributed by atoms with van der Waals surface area (Å²) in [5.41, 5.74) is 3.39. The minimum atomic E-state index is -1.06. The van der Waals surface area contributed by atoms with E-state index in [1.165, 1.54) is 5.01 Å². The Kier molecular flexibility index (Phi) is 10.1. The average Bonchev–Trinajstić information content (AvgIpc) is 3.38. The summed E-state index contributed by atoms with van der Waals surface area (Å²) >= 11 is 1.12. The zero-order valence-electron chi connectivity index (χ0n) is 24.9. The monoisotopic (exact) mass is 592 g/mol. The summed E-state index contributed by atoms with van der Waals surface area (Å²) in [5, 5.41) is 11.4. The summed E-state index contributed by atoms with van der Waals surface area (Å²) in [6.07, 6.45) is 9.37. The lowest BCUT2D eigenvalue weighted by molar-refractivity contribution is -0.122. The van der Waals surface area contributed by atoms with Crippen LogP contribution < -0.4 is 15.1 Å². The fourth-order valence-corrected chi connectivity index (χ4v) is 6.06. The van der Waals surface area contributed by atoms with E-state index in [1.807, 2.05) is 26.8 Å². The zero-order valence-corrected chi connectivity index (χ0v) is 25.7. The Bertz CT molecular complexity index is 1360. The Morgan fingerprint density at radius 3 is 2.43 bits per heavy atom. The van der Waals surface area contributed by atoms with Gasteiger partial charge in [-0.1, -0.05) is 37.0 Å². The van der Waals surface area contributed by atoms with Gasteiger partial charge in [-0.25, -0.2) is 25.0 Å². The number of hydrogen-bond donors (Lipinski definition) is 2. The van der Waals surface area contributed by atoms with Crippen molar-refractivity contribution in [2.75, 3.05) is 11.9 Å². The molecule has 2 aromatic heterocycles. The third-order valence-electron chi connectivity index (χ3n) is 7.43. The quantitative estimate of drug-likeness (QED) is 0.226. The van der Waals surface area contributed by atoms with Crippen LogP contribution in [0.4, 0.5) is 10.5 Å². The number of nitrogens with one attached hydrogen (secondary N) is 1. The Hall–Kier alpha value is -3.68. The number of hydrazine groups is 1. The lowest BCUT2D eigenvalue weighted by Crippen LogP contribution is -2.51. The van der Waals surface area contributed by atoms with Crippen molar-refractivity contribution in [3.05, 3.63) is 52.4 Å². The predicted molar refractivity (Wildman–Crippen MR) is 163 cm³/mol. The van der Waals surface area contributed by atoms with Crippen LogP contribution in [-0.2, 0) is 4.79 Å². The smallest absolute Gasteiger partial charge is 0.430 e. The van der Waals surface area contributed by atoms with Crippen LogP contribution in [0.15, 0.2) is 42.6 Å². The van der Waals surface area contributed by atoms with Crippen molar-refractivity contribution in [3.8, 4) is 17.7 Å². The first-order chi connectivity index (χ1) is 19.9. The van der Waals surface area contributed by atoms with Crippen LogP contribution in [-0.4, -0.2) is 52.2 Å². The number of carboxylic acids is 1. The van der Waals surface area contributed by atoms with Crippen molar-refractivity contribution in [2.24, 2.45) is 17.3 Å². The van der Waals surface area contributed by atoms with Gasteiger partial charge in [0.15, 0.2) is 0 Å². The number of rotatable bonds is 7. The van der Waals surface area contributed by atoms with Gasteiger partial charge >= 0.3 is 12.1 Å². The van der Waals surface area contributed by atoms with Crippen molar-refractivity contribution in [2.45, 2.75) is 78.3 Å². The summed E-state index contributed by atoms with van der Waals surface area (Å²) in [6, 6.07) is 6.68. The van der Waals surface area contributed by atoms with Crippen LogP contribution in [0.25, 0.3) is 0 Å². The summed E-state index contributed by atoms with van der Waals surface area (Å²) < 4.78 is 5.31. The van der Waals surface area contributed by atoms with Crippen molar-refractivity contribution in [1.29, 1.82) is 0 Å². The highest BCUT2D eigenvalue weighted by molar-refractivity contribution is 7.15. The van der Waals surface area contributed by atoms with Crippen molar-refractivity contribution < 1.29 is 24.2 Å². The second-order valence-corrected chi connectivity index (χ2v) is 13.2. The van der Waals surface area contributed by atoms with E-state index in [4.69, 9.17) is 4.74 Å². The molecule has 0 spiro atoms. The molecule has 9 nitrogen and oxygen atoms in total. The summed E-state index contributed by atoms with van der Waals surface area (Å²) in [7, 11) is 1.61. The number of carbonyl (C=O) groups excluding carboxylic acids is 2. The van der Waals surface area contributed by atoms with E-state index in [9.17, 15) is 19.5 Å². The predicted octanol–water partition coefficient (Wildman–Crippen LogP) is 6.12. The molecule has 2 aliphatic rings.